The van der Waals surface area contributed by atoms with Crippen molar-refractivity contribution < 1.29 is 14.3 Å². The number of nitrogens with zero attached hydrogens (tertiary/aromatic N) is 4. The van der Waals surface area contributed by atoms with Crippen LogP contribution in [0.4, 0.5) is 10.5 Å². The summed E-state index contributed by atoms with van der Waals surface area (Å²) in [6.45, 7) is 9.54. The maximum absolute atomic E-state index is 11.8. The molecule has 1 aromatic carbocycles. The molecule has 3 N–H and O–H groups in total. The lowest BCUT2D eigenvalue weighted by atomic mass is 10.1. The van der Waals surface area contributed by atoms with E-state index in [-0.39, 0.29) is 36.1 Å². The number of rotatable bonds is 8. The Morgan fingerprint density at radius 2 is 1.79 bits per heavy atom. The Hall–Kier alpha value is -1.95. The van der Waals surface area contributed by atoms with Crippen LogP contribution in [0.5, 0.6) is 5.75 Å². The van der Waals surface area contributed by atoms with E-state index >= 15 is 0 Å². The zero-order chi connectivity index (χ0) is 22.8. The highest BCUT2D eigenvalue weighted by molar-refractivity contribution is 14.0. The van der Waals surface area contributed by atoms with Crippen molar-refractivity contribution in [3.63, 3.8) is 0 Å². The van der Waals surface area contributed by atoms with Gasteiger partial charge in [-0.2, -0.15) is 0 Å². The maximum atomic E-state index is 11.8. The van der Waals surface area contributed by atoms with E-state index in [9.17, 15) is 4.79 Å². The number of nitrogens with two attached hydrogens (primary N) is 1. The van der Waals surface area contributed by atoms with Gasteiger partial charge in [-0.05, 0) is 50.5 Å². The molecule has 10 heteroatoms. The number of piperidine rings is 1. The summed E-state index contributed by atoms with van der Waals surface area (Å²) in [6.07, 6.45) is 2.48. The van der Waals surface area contributed by atoms with Gasteiger partial charge >= 0.3 is 6.09 Å². The molecule has 2 aliphatic rings. The Morgan fingerprint density at radius 3 is 2.39 bits per heavy atom. The Morgan fingerprint density at radius 1 is 1.12 bits per heavy atom. The molecule has 186 valence electrons. The third-order valence-electron chi connectivity index (χ3n) is 6.10. The van der Waals surface area contributed by atoms with Gasteiger partial charge in [-0.1, -0.05) is 0 Å². The van der Waals surface area contributed by atoms with Crippen LogP contribution in [-0.2, 0) is 4.74 Å². The monoisotopic (exact) mass is 574 g/mol. The van der Waals surface area contributed by atoms with Crippen molar-refractivity contribution in [2.75, 3.05) is 71.0 Å². The number of carbonyl (C=O) groups excluding carboxylic acids is 1. The molecule has 0 aliphatic carbocycles. The van der Waals surface area contributed by atoms with Crippen LogP contribution in [0.2, 0.25) is 0 Å². The molecule has 0 radical (unpaired) electrons. The number of aliphatic imine (C=N–C) groups is 1. The molecular formula is C23H39IN6O3. The van der Waals surface area contributed by atoms with Crippen LogP contribution in [0.1, 0.15) is 26.2 Å². The van der Waals surface area contributed by atoms with Gasteiger partial charge in [0.15, 0.2) is 5.96 Å². The number of halogens is 1. The number of likely N-dealkylation sites (tertiary alicyclic amines) is 1. The Bertz CT molecular complexity index is 732. The summed E-state index contributed by atoms with van der Waals surface area (Å²) >= 11 is 0. The predicted molar refractivity (Wildman–Crippen MR) is 143 cm³/mol. The van der Waals surface area contributed by atoms with Crippen LogP contribution in [0.25, 0.3) is 0 Å². The lowest BCUT2D eigenvalue weighted by Gasteiger charge is -2.36. The van der Waals surface area contributed by atoms with Gasteiger partial charge in [-0.15, -0.1) is 24.0 Å². The zero-order valence-corrected chi connectivity index (χ0v) is 22.2. The molecule has 2 fully saturated rings. The van der Waals surface area contributed by atoms with Gasteiger partial charge < -0.3 is 30.3 Å². The second-order valence-electron chi connectivity index (χ2n) is 8.25. The van der Waals surface area contributed by atoms with E-state index in [4.69, 9.17) is 15.2 Å². The second kappa shape index (κ2) is 14.3. The number of piperazine rings is 1. The van der Waals surface area contributed by atoms with E-state index < -0.39 is 0 Å². The minimum Gasteiger partial charge on any atom is -0.497 e. The molecule has 1 aromatic rings. The average Bonchev–Trinajstić information content (AvgIpc) is 2.83. The summed E-state index contributed by atoms with van der Waals surface area (Å²) in [5, 5.41) is 3.30. The highest BCUT2D eigenvalue weighted by Gasteiger charge is 2.23. The third-order valence-corrected chi connectivity index (χ3v) is 6.10. The molecule has 0 aromatic heterocycles. The summed E-state index contributed by atoms with van der Waals surface area (Å²) in [5.74, 6) is 1.40. The van der Waals surface area contributed by atoms with Crippen LogP contribution in [-0.4, -0.2) is 94.0 Å². The zero-order valence-electron chi connectivity index (χ0n) is 19.9. The average molecular weight is 575 g/mol. The van der Waals surface area contributed by atoms with Crippen molar-refractivity contribution in [1.29, 1.82) is 0 Å². The van der Waals surface area contributed by atoms with Crippen LogP contribution >= 0.6 is 24.0 Å². The molecule has 33 heavy (non-hydrogen) atoms. The number of nitrogens with one attached hydrogen (secondary N) is 1. The van der Waals surface area contributed by atoms with Gasteiger partial charge in [-0.3, -0.25) is 9.89 Å². The summed E-state index contributed by atoms with van der Waals surface area (Å²) in [6, 6.07) is 8.54. The number of guanidine groups is 1. The summed E-state index contributed by atoms with van der Waals surface area (Å²) in [7, 11) is 1.69. The standard InChI is InChI=1S/C23H38N6O3.HI/c1-3-32-23(30)29-13-9-19(10-14-29)26-22(24)25-11-4-12-27-15-17-28(18-16-27)20-5-7-21(31-2)8-6-20;/h5-8,19H,3-4,9-18H2,1-2H3,(H3,24,25,26);1H. The van der Waals surface area contributed by atoms with Crippen LogP contribution in [0, 0.1) is 0 Å². The molecule has 3 rings (SSSR count). The van der Waals surface area contributed by atoms with Crippen molar-refractivity contribution in [2.45, 2.75) is 32.2 Å². The molecule has 0 saturated carbocycles. The van der Waals surface area contributed by atoms with E-state index in [2.05, 4.69) is 32.2 Å². The molecular weight excluding hydrogens is 535 g/mol. The van der Waals surface area contributed by atoms with Gasteiger partial charge in [0.05, 0.1) is 13.7 Å². The molecule has 2 aliphatic heterocycles. The normalized spacial score (nSPS) is 17.9. The van der Waals surface area contributed by atoms with Crippen molar-refractivity contribution in [3.8, 4) is 5.75 Å². The van der Waals surface area contributed by atoms with E-state index in [1.165, 1.54) is 5.69 Å². The first-order valence-corrected chi connectivity index (χ1v) is 11.7. The quantitative estimate of drug-likeness (QED) is 0.213. The van der Waals surface area contributed by atoms with Crippen molar-refractivity contribution in [1.82, 2.24) is 15.1 Å². The summed E-state index contributed by atoms with van der Waals surface area (Å²) in [5.41, 5.74) is 7.33. The smallest absolute Gasteiger partial charge is 0.409 e. The molecule has 0 unspecified atom stereocenters. The molecule has 1 amide bonds. The lowest BCUT2D eigenvalue weighted by Crippen LogP contribution is -2.48. The number of hydrogen-bond donors (Lipinski definition) is 2. The largest absolute Gasteiger partial charge is 0.497 e. The topological polar surface area (TPSA) is 95.7 Å². The SMILES string of the molecule is CCOC(=O)N1CCC(NC(N)=NCCCN2CCN(c3ccc(OC)cc3)CC2)CC1.I. The summed E-state index contributed by atoms with van der Waals surface area (Å²) < 4.78 is 10.3. The Kier molecular flexibility index (Phi) is 11.9. The number of methoxy groups -OCH3 is 1. The number of anilines is 1. The van der Waals surface area contributed by atoms with Crippen molar-refractivity contribution in [3.05, 3.63) is 24.3 Å². The first kappa shape index (κ1) is 27.3. The van der Waals surface area contributed by atoms with Crippen LogP contribution in [0.3, 0.4) is 0 Å². The minimum atomic E-state index is -0.225. The molecule has 2 heterocycles. The molecule has 0 atom stereocenters. The molecule has 9 nitrogen and oxygen atoms in total. The first-order chi connectivity index (χ1) is 15.6. The van der Waals surface area contributed by atoms with Gasteiger partial charge in [0.1, 0.15) is 5.75 Å². The predicted octanol–water partition coefficient (Wildman–Crippen LogP) is 2.35. The molecule has 0 bridgehead atoms. The Balaban J connectivity index is 0.00000385. The highest BCUT2D eigenvalue weighted by atomic mass is 127. The van der Waals surface area contributed by atoms with Gasteiger partial charge in [0, 0.05) is 64.1 Å². The van der Waals surface area contributed by atoms with Gasteiger partial charge in [-0.25, -0.2) is 4.79 Å². The van der Waals surface area contributed by atoms with E-state index in [0.717, 1.165) is 64.3 Å². The van der Waals surface area contributed by atoms with Crippen molar-refractivity contribution >= 4 is 41.7 Å². The number of carbonyl (C=O) groups is 1. The lowest BCUT2D eigenvalue weighted by molar-refractivity contribution is 0.0963. The summed E-state index contributed by atoms with van der Waals surface area (Å²) in [4.78, 5) is 22.9. The van der Waals surface area contributed by atoms with Crippen LogP contribution < -0.4 is 20.7 Å². The van der Waals surface area contributed by atoms with Gasteiger partial charge in [0.2, 0.25) is 0 Å². The number of ether oxygens (including phenoxy) is 2. The number of benzene rings is 1. The third kappa shape index (κ3) is 8.73. The van der Waals surface area contributed by atoms with E-state index in [1.807, 2.05) is 19.1 Å². The van der Waals surface area contributed by atoms with E-state index in [1.54, 1.807) is 12.0 Å². The minimum absolute atomic E-state index is 0. The highest BCUT2D eigenvalue weighted by Crippen LogP contribution is 2.20. The Labute approximate surface area is 214 Å². The second-order valence-corrected chi connectivity index (χ2v) is 8.25. The van der Waals surface area contributed by atoms with Gasteiger partial charge in [0.25, 0.3) is 0 Å². The fourth-order valence-electron chi connectivity index (χ4n) is 4.19. The first-order valence-electron chi connectivity index (χ1n) is 11.7. The molecule has 0 spiro atoms. The van der Waals surface area contributed by atoms with Crippen LogP contribution in [0.15, 0.2) is 29.3 Å². The fourth-order valence-corrected chi connectivity index (χ4v) is 4.19. The number of hydrogen-bond acceptors (Lipinski definition) is 6. The molecule has 2 saturated heterocycles. The van der Waals surface area contributed by atoms with E-state index in [0.29, 0.717) is 25.7 Å². The van der Waals surface area contributed by atoms with Crippen molar-refractivity contribution in [2.24, 2.45) is 10.7 Å². The fraction of sp³-hybridized carbons (Fsp3) is 0.652. The maximum Gasteiger partial charge on any atom is 0.409 e. The number of amides is 1.